The highest BCUT2D eigenvalue weighted by Gasteiger charge is 2.29. The number of phenolic OH excluding ortho intramolecular Hbond substituents is 2. The van der Waals surface area contributed by atoms with Crippen molar-refractivity contribution >= 4 is 11.4 Å². The maximum atomic E-state index is 10.9. The van der Waals surface area contributed by atoms with E-state index in [1.54, 1.807) is 18.2 Å². The Morgan fingerprint density at radius 3 is 2.40 bits per heavy atom. The van der Waals surface area contributed by atoms with Gasteiger partial charge in [-0.1, -0.05) is 18.2 Å². The number of benzene rings is 3. The van der Waals surface area contributed by atoms with Gasteiger partial charge in [0.15, 0.2) is 0 Å². The van der Waals surface area contributed by atoms with Crippen molar-refractivity contribution in [1.29, 1.82) is 0 Å². The molecule has 1 aliphatic rings. The fourth-order valence-corrected chi connectivity index (χ4v) is 3.26. The Hall–Kier alpha value is -3.54. The summed E-state index contributed by atoms with van der Waals surface area (Å²) in [5.74, 6) is -0.0456. The van der Waals surface area contributed by atoms with Gasteiger partial charge in [0.1, 0.15) is 11.5 Å². The van der Waals surface area contributed by atoms with Gasteiger partial charge in [-0.15, -0.1) is 0 Å². The van der Waals surface area contributed by atoms with Crippen LogP contribution < -0.4 is 5.32 Å². The number of phenols is 2. The fraction of sp³-hybridized carbons (Fsp3) is 0.0526. The molecular weight excluding hydrogens is 320 g/mol. The quantitative estimate of drug-likeness (QED) is 0.482. The van der Waals surface area contributed by atoms with E-state index in [9.17, 15) is 20.3 Å². The number of hydrogen-bond donors (Lipinski definition) is 3. The lowest BCUT2D eigenvalue weighted by Gasteiger charge is -2.30. The number of nitrogens with zero attached hydrogens (tertiary/aromatic N) is 1. The highest BCUT2D eigenvalue weighted by atomic mass is 16.6. The minimum Gasteiger partial charge on any atom is -0.508 e. The van der Waals surface area contributed by atoms with E-state index in [0.29, 0.717) is 5.56 Å². The van der Waals surface area contributed by atoms with Gasteiger partial charge in [0.2, 0.25) is 0 Å². The molecule has 0 amide bonds. The van der Waals surface area contributed by atoms with Crippen LogP contribution in [0.25, 0.3) is 11.1 Å². The third-order valence-electron chi connectivity index (χ3n) is 4.39. The lowest BCUT2D eigenvalue weighted by atomic mass is 9.85. The lowest BCUT2D eigenvalue weighted by molar-refractivity contribution is -0.384. The van der Waals surface area contributed by atoms with Crippen molar-refractivity contribution in [1.82, 2.24) is 0 Å². The van der Waals surface area contributed by atoms with E-state index in [1.807, 2.05) is 24.3 Å². The zero-order chi connectivity index (χ0) is 17.6. The Morgan fingerprint density at radius 1 is 0.960 bits per heavy atom. The molecule has 3 aromatic rings. The van der Waals surface area contributed by atoms with Gasteiger partial charge in [0.05, 0.1) is 11.0 Å². The second-order valence-corrected chi connectivity index (χ2v) is 5.90. The average molecular weight is 334 g/mol. The number of rotatable bonds is 2. The number of fused-ring (bicyclic) bond motifs is 3. The average Bonchev–Trinajstić information content (AvgIpc) is 2.61. The normalized spacial score (nSPS) is 15.0. The van der Waals surface area contributed by atoms with Gasteiger partial charge in [-0.25, -0.2) is 0 Å². The predicted octanol–water partition coefficient (Wildman–Crippen LogP) is 4.19. The molecule has 0 radical (unpaired) electrons. The molecule has 0 unspecified atom stereocenters. The van der Waals surface area contributed by atoms with Crippen LogP contribution >= 0.6 is 0 Å². The van der Waals surface area contributed by atoms with Crippen LogP contribution in [0.4, 0.5) is 11.4 Å². The van der Waals surface area contributed by atoms with Crippen molar-refractivity contribution in [3.8, 4) is 22.6 Å². The Bertz CT molecular complexity index is 983. The molecule has 1 atom stereocenters. The van der Waals surface area contributed by atoms with Crippen LogP contribution in [0.1, 0.15) is 17.2 Å². The highest BCUT2D eigenvalue weighted by Crippen LogP contribution is 2.48. The fourth-order valence-electron chi connectivity index (χ4n) is 3.26. The van der Waals surface area contributed by atoms with Crippen molar-refractivity contribution in [3.05, 3.63) is 81.9 Å². The molecule has 0 saturated carbocycles. The van der Waals surface area contributed by atoms with E-state index in [-0.39, 0.29) is 23.2 Å². The first-order valence-electron chi connectivity index (χ1n) is 7.71. The third-order valence-corrected chi connectivity index (χ3v) is 4.39. The van der Waals surface area contributed by atoms with Crippen molar-refractivity contribution in [3.63, 3.8) is 0 Å². The summed E-state index contributed by atoms with van der Waals surface area (Å²) in [7, 11) is 0. The molecule has 6 heteroatoms. The standard InChI is InChI=1S/C19H14N2O4/c22-13-9-15-14-3-1-2-4-16(14)20-19(18(15)17(23)10-13)11-5-7-12(8-6-11)21(24)25/h1-10,19-20,22-23H/t19-/m0/s1. The van der Waals surface area contributed by atoms with Crippen LogP contribution in [0.2, 0.25) is 0 Å². The Balaban J connectivity index is 1.90. The first kappa shape index (κ1) is 15.0. The van der Waals surface area contributed by atoms with E-state index >= 15 is 0 Å². The third kappa shape index (κ3) is 2.44. The monoisotopic (exact) mass is 334 g/mol. The van der Waals surface area contributed by atoms with E-state index in [2.05, 4.69) is 5.32 Å². The zero-order valence-electron chi connectivity index (χ0n) is 13.0. The predicted molar refractivity (Wildman–Crippen MR) is 93.8 cm³/mol. The number of nitrogens with one attached hydrogen (secondary N) is 1. The van der Waals surface area contributed by atoms with Crippen LogP contribution in [0.5, 0.6) is 11.5 Å². The second kappa shape index (κ2) is 5.52. The topological polar surface area (TPSA) is 95.6 Å². The molecule has 1 aliphatic heterocycles. The van der Waals surface area contributed by atoms with Gasteiger partial charge < -0.3 is 15.5 Å². The van der Waals surface area contributed by atoms with Crippen LogP contribution in [-0.2, 0) is 0 Å². The van der Waals surface area contributed by atoms with Gasteiger partial charge in [-0.05, 0) is 35.4 Å². The summed E-state index contributed by atoms with van der Waals surface area (Å²) in [5, 5.41) is 34.6. The minimum atomic E-state index is -0.448. The number of aromatic hydroxyl groups is 2. The van der Waals surface area contributed by atoms with Crippen molar-refractivity contribution in [2.45, 2.75) is 6.04 Å². The van der Waals surface area contributed by atoms with E-state index in [1.165, 1.54) is 18.2 Å². The number of nitro groups is 1. The molecule has 0 aliphatic carbocycles. The SMILES string of the molecule is O=[N+]([O-])c1ccc([C@@H]2Nc3ccccc3-c3cc(O)cc(O)c32)cc1. The van der Waals surface area contributed by atoms with Gasteiger partial charge >= 0.3 is 0 Å². The Labute approximate surface area is 143 Å². The number of hydrogen-bond acceptors (Lipinski definition) is 5. The first-order chi connectivity index (χ1) is 12.0. The molecule has 25 heavy (non-hydrogen) atoms. The Kier molecular flexibility index (Phi) is 3.32. The van der Waals surface area contributed by atoms with Gasteiger partial charge in [0, 0.05) is 35.0 Å². The van der Waals surface area contributed by atoms with Crippen LogP contribution in [0, 0.1) is 10.1 Å². The number of anilines is 1. The molecule has 0 spiro atoms. The number of para-hydroxylation sites is 1. The van der Waals surface area contributed by atoms with Crippen molar-refractivity contribution in [2.24, 2.45) is 0 Å². The minimum absolute atomic E-state index is 0.00936. The molecule has 0 fully saturated rings. The summed E-state index contributed by atoms with van der Waals surface area (Å²) in [5.41, 5.74) is 3.89. The molecule has 6 nitrogen and oxygen atoms in total. The largest absolute Gasteiger partial charge is 0.508 e. The molecule has 3 N–H and O–H groups in total. The van der Waals surface area contributed by atoms with Crippen molar-refractivity contribution in [2.75, 3.05) is 5.32 Å². The Morgan fingerprint density at radius 2 is 1.68 bits per heavy atom. The first-order valence-corrected chi connectivity index (χ1v) is 7.71. The zero-order valence-corrected chi connectivity index (χ0v) is 13.0. The van der Waals surface area contributed by atoms with Crippen LogP contribution in [0.3, 0.4) is 0 Å². The van der Waals surface area contributed by atoms with Gasteiger partial charge in [0.25, 0.3) is 5.69 Å². The van der Waals surface area contributed by atoms with E-state index < -0.39 is 4.92 Å². The van der Waals surface area contributed by atoms with E-state index in [4.69, 9.17) is 0 Å². The van der Waals surface area contributed by atoms with Crippen molar-refractivity contribution < 1.29 is 15.1 Å². The molecule has 124 valence electrons. The molecule has 0 saturated heterocycles. The molecule has 4 rings (SSSR count). The smallest absolute Gasteiger partial charge is 0.269 e. The molecular formula is C19H14N2O4. The summed E-state index contributed by atoms with van der Waals surface area (Å²) >= 11 is 0. The maximum Gasteiger partial charge on any atom is 0.269 e. The molecule has 1 heterocycles. The lowest BCUT2D eigenvalue weighted by Crippen LogP contribution is -2.18. The van der Waals surface area contributed by atoms with Gasteiger partial charge in [-0.2, -0.15) is 0 Å². The van der Waals surface area contributed by atoms with Crippen LogP contribution in [0.15, 0.2) is 60.7 Å². The summed E-state index contributed by atoms with van der Waals surface area (Å²) in [6, 6.07) is 16.3. The summed E-state index contributed by atoms with van der Waals surface area (Å²) < 4.78 is 0. The summed E-state index contributed by atoms with van der Waals surface area (Å²) in [6.45, 7) is 0. The summed E-state index contributed by atoms with van der Waals surface area (Å²) in [4.78, 5) is 10.4. The van der Waals surface area contributed by atoms with Gasteiger partial charge in [-0.3, -0.25) is 10.1 Å². The summed E-state index contributed by atoms with van der Waals surface area (Å²) in [6.07, 6.45) is 0. The van der Waals surface area contributed by atoms with E-state index in [0.717, 1.165) is 22.4 Å². The molecule has 0 bridgehead atoms. The number of nitro benzene ring substituents is 1. The highest BCUT2D eigenvalue weighted by molar-refractivity contribution is 5.87. The molecule has 3 aromatic carbocycles. The molecule has 0 aromatic heterocycles. The second-order valence-electron chi connectivity index (χ2n) is 5.90. The van der Waals surface area contributed by atoms with Crippen LogP contribution in [-0.4, -0.2) is 15.1 Å². The maximum absolute atomic E-state index is 10.9. The number of non-ortho nitro benzene ring substituents is 1.